The second-order valence-corrected chi connectivity index (χ2v) is 7.14. The van der Waals surface area contributed by atoms with Gasteiger partial charge in [-0.1, -0.05) is 77.6 Å². The van der Waals surface area contributed by atoms with Gasteiger partial charge in [0.1, 0.15) is 5.75 Å². The van der Waals surface area contributed by atoms with Gasteiger partial charge in [0.05, 0.1) is 0 Å². The summed E-state index contributed by atoms with van der Waals surface area (Å²) in [5, 5.41) is 10.8. The summed E-state index contributed by atoms with van der Waals surface area (Å²) in [6, 6.07) is 11.1. The lowest BCUT2D eigenvalue weighted by molar-refractivity contribution is 0.475. The van der Waals surface area contributed by atoms with E-state index in [9.17, 15) is 5.11 Å². The van der Waals surface area contributed by atoms with Crippen LogP contribution in [-0.4, -0.2) is 5.11 Å². The monoisotopic (exact) mass is 338 g/mol. The Bertz CT molecular complexity index is 685. The van der Waals surface area contributed by atoms with Gasteiger partial charge in [-0.05, 0) is 59.6 Å². The van der Waals surface area contributed by atoms with Gasteiger partial charge in [0.25, 0.3) is 0 Å². The zero-order chi connectivity index (χ0) is 18.2. The molecule has 0 atom stereocenters. The minimum absolute atomic E-state index is 0.454. The Balaban J connectivity index is 2.59. The molecule has 0 bridgehead atoms. The van der Waals surface area contributed by atoms with E-state index in [1.54, 1.807) is 0 Å². The normalized spacial score (nSPS) is 11.0. The third-order valence-corrected chi connectivity index (χ3v) is 4.81. The van der Waals surface area contributed by atoms with Gasteiger partial charge >= 0.3 is 0 Å². The predicted octanol–water partition coefficient (Wildman–Crippen LogP) is 6.87. The Morgan fingerprint density at radius 1 is 0.640 bits per heavy atom. The molecule has 0 spiro atoms. The molecule has 25 heavy (non-hydrogen) atoms. The highest BCUT2D eigenvalue weighted by Crippen LogP contribution is 2.38. The van der Waals surface area contributed by atoms with E-state index in [1.807, 2.05) is 6.07 Å². The van der Waals surface area contributed by atoms with E-state index < -0.39 is 0 Å². The van der Waals surface area contributed by atoms with Crippen molar-refractivity contribution in [3.63, 3.8) is 0 Å². The number of aryl methyl sites for hydroxylation is 4. The third kappa shape index (κ3) is 4.87. The molecule has 2 aromatic carbocycles. The topological polar surface area (TPSA) is 20.2 Å². The first-order valence-electron chi connectivity index (χ1n) is 10.1. The molecule has 1 heteroatoms. The molecule has 136 valence electrons. The lowest BCUT2D eigenvalue weighted by Crippen LogP contribution is -1.99. The molecule has 1 nitrogen and oxygen atoms in total. The Morgan fingerprint density at radius 2 is 1.20 bits per heavy atom. The van der Waals surface area contributed by atoms with Crippen LogP contribution in [-0.2, 0) is 25.7 Å². The second kappa shape index (κ2) is 9.65. The average molecular weight is 339 g/mol. The number of rotatable bonds is 9. The number of phenolic OH excluding ortho intramolecular Hbond substituents is 1. The molecular weight excluding hydrogens is 304 g/mol. The van der Waals surface area contributed by atoms with Gasteiger partial charge in [-0.3, -0.25) is 0 Å². The molecule has 0 radical (unpaired) electrons. The van der Waals surface area contributed by atoms with Gasteiger partial charge < -0.3 is 5.11 Å². The van der Waals surface area contributed by atoms with Crippen LogP contribution in [0.2, 0.25) is 0 Å². The van der Waals surface area contributed by atoms with Crippen LogP contribution < -0.4 is 0 Å². The Morgan fingerprint density at radius 3 is 1.84 bits per heavy atom. The maximum absolute atomic E-state index is 10.8. The number of hydrogen-bond donors (Lipinski definition) is 1. The molecule has 0 aromatic heterocycles. The molecule has 0 amide bonds. The summed E-state index contributed by atoms with van der Waals surface area (Å²) >= 11 is 0. The van der Waals surface area contributed by atoms with Crippen LogP contribution in [0.25, 0.3) is 11.1 Å². The number of benzene rings is 2. The first kappa shape index (κ1) is 19.6. The highest BCUT2D eigenvalue weighted by molar-refractivity contribution is 5.77. The molecule has 0 saturated heterocycles. The molecule has 0 aliphatic rings. The standard InChI is InChI=1S/C24H34O/c1-5-9-18-13-14-22(20(15-18)11-7-3)24-21(12-8-4)16-19(10-6-2)17-23(24)25/h13-17,25H,5-12H2,1-4H3. The van der Waals surface area contributed by atoms with Crippen molar-refractivity contribution in [1.29, 1.82) is 0 Å². The van der Waals surface area contributed by atoms with Crippen molar-refractivity contribution in [3.05, 3.63) is 52.6 Å². The van der Waals surface area contributed by atoms with Gasteiger partial charge in [-0.2, -0.15) is 0 Å². The van der Waals surface area contributed by atoms with Gasteiger partial charge in [-0.25, -0.2) is 0 Å². The van der Waals surface area contributed by atoms with Crippen molar-refractivity contribution in [2.45, 2.75) is 79.1 Å². The first-order chi connectivity index (χ1) is 12.1. The van der Waals surface area contributed by atoms with Crippen molar-refractivity contribution in [2.24, 2.45) is 0 Å². The number of aromatic hydroxyl groups is 1. The number of hydrogen-bond acceptors (Lipinski definition) is 1. The Labute approximate surface area is 154 Å². The highest BCUT2D eigenvalue weighted by atomic mass is 16.3. The summed E-state index contributed by atoms with van der Waals surface area (Å²) in [7, 11) is 0. The fourth-order valence-corrected chi connectivity index (χ4v) is 3.77. The van der Waals surface area contributed by atoms with Crippen molar-refractivity contribution >= 4 is 0 Å². The van der Waals surface area contributed by atoms with Crippen molar-refractivity contribution in [3.8, 4) is 16.9 Å². The van der Waals surface area contributed by atoms with E-state index in [4.69, 9.17) is 0 Å². The van der Waals surface area contributed by atoms with E-state index in [2.05, 4.69) is 52.0 Å². The van der Waals surface area contributed by atoms with E-state index in [0.717, 1.165) is 50.5 Å². The SMILES string of the molecule is CCCc1ccc(-c2c(O)cc(CCC)cc2CCC)c(CCC)c1. The summed E-state index contributed by atoms with van der Waals surface area (Å²) in [5.74, 6) is 0.454. The summed E-state index contributed by atoms with van der Waals surface area (Å²) in [6.45, 7) is 8.86. The van der Waals surface area contributed by atoms with E-state index in [1.165, 1.54) is 34.2 Å². The minimum Gasteiger partial charge on any atom is -0.507 e. The minimum atomic E-state index is 0.454. The Kier molecular flexibility index (Phi) is 7.55. The molecule has 0 saturated carbocycles. The van der Waals surface area contributed by atoms with Crippen LogP contribution in [0.5, 0.6) is 5.75 Å². The molecule has 2 aromatic rings. The lowest BCUT2D eigenvalue weighted by atomic mass is 9.88. The Hall–Kier alpha value is -1.76. The molecule has 0 unspecified atom stereocenters. The molecule has 0 heterocycles. The second-order valence-electron chi connectivity index (χ2n) is 7.14. The van der Waals surface area contributed by atoms with Gasteiger partial charge in [0.15, 0.2) is 0 Å². The maximum atomic E-state index is 10.8. The summed E-state index contributed by atoms with van der Waals surface area (Å²) in [5.41, 5.74) is 7.63. The quantitative estimate of drug-likeness (QED) is 0.529. The van der Waals surface area contributed by atoms with E-state index in [-0.39, 0.29) is 0 Å². The van der Waals surface area contributed by atoms with Crippen molar-refractivity contribution < 1.29 is 5.11 Å². The summed E-state index contributed by atoms with van der Waals surface area (Å²) < 4.78 is 0. The van der Waals surface area contributed by atoms with Crippen LogP contribution in [0.3, 0.4) is 0 Å². The molecular formula is C24H34O. The van der Waals surface area contributed by atoms with Crippen LogP contribution in [0.15, 0.2) is 30.3 Å². The zero-order valence-corrected chi connectivity index (χ0v) is 16.5. The molecule has 2 rings (SSSR count). The average Bonchev–Trinajstić information content (AvgIpc) is 2.57. The van der Waals surface area contributed by atoms with Gasteiger partial charge in [0.2, 0.25) is 0 Å². The van der Waals surface area contributed by atoms with E-state index in [0.29, 0.717) is 5.75 Å². The molecule has 0 aliphatic carbocycles. The lowest BCUT2D eigenvalue weighted by Gasteiger charge is -2.18. The van der Waals surface area contributed by atoms with Gasteiger partial charge in [0, 0.05) is 5.56 Å². The first-order valence-corrected chi connectivity index (χ1v) is 10.1. The number of phenols is 1. The van der Waals surface area contributed by atoms with Crippen molar-refractivity contribution in [2.75, 3.05) is 0 Å². The fraction of sp³-hybridized carbons (Fsp3) is 0.500. The predicted molar refractivity (Wildman–Crippen MR) is 110 cm³/mol. The van der Waals surface area contributed by atoms with Crippen LogP contribution in [0.4, 0.5) is 0 Å². The zero-order valence-electron chi connectivity index (χ0n) is 16.5. The smallest absolute Gasteiger partial charge is 0.123 e. The third-order valence-electron chi connectivity index (χ3n) is 4.81. The highest BCUT2D eigenvalue weighted by Gasteiger charge is 2.15. The van der Waals surface area contributed by atoms with Crippen LogP contribution in [0.1, 0.15) is 75.6 Å². The molecule has 0 aliphatic heterocycles. The van der Waals surface area contributed by atoms with E-state index >= 15 is 0 Å². The van der Waals surface area contributed by atoms with Crippen LogP contribution >= 0.6 is 0 Å². The van der Waals surface area contributed by atoms with Crippen LogP contribution in [0, 0.1) is 0 Å². The summed E-state index contributed by atoms with van der Waals surface area (Å²) in [4.78, 5) is 0. The fourth-order valence-electron chi connectivity index (χ4n) is 3.77. The summed E-state index contributed by atoms with van der Waals surface area (Å²) in [6.07, 6.45) is 8.74. The molecule has 1 N–H and O–H groups in total. The maximum Gasteiger partial charge on any atom is 0.123 e. The largest absolute Gasteiger partial charge is 0.507 e. The molecule has 0 fully saturated rings. The van der Waals surface area contributed by atoms with Crippen molar-refractivity contribution in [1.82, 2.24) is 0 Å². The van der Waals surface area contributed by atoms with Gasteiger partial charge in [-0.15, -0.1) is 0 Å².